The lowest BCUT2D eigenvalue weighted by atomic mass is 9.79. The number of ether oxygens (including phenoxy) is 1. The summed E-state index contributed by atoms with van der Waals surface area (Å²) in [7, 11) is -19.3. The monoisotopic (exact) mass is 1180 g/mol. The van der Waals surface area contributed by atoms with Crippen molar-refractivity contribution in [3.63, 3.8) is 0 Å². The van der Waals surface area contributed by atoms with Crippen LogP contribution in [-0.4, -0.2) is 158 Å². The molecule has 3 aliphatic heterocycles. The largest absolute Gasteiger partial charge is 0.394 e. The fraction of sp³-hybridized carbons (Fsp3) is 0.431. The topological polar surface area (TPSA) is 384 Å². The summed E-state index contributed by atoms with van der Waals surface area (Å²) >= 11 is 0. The molecule has 11 N–H and O–H groups in total. The molecule has 4 aromatic rings. The van der Waals surface area contributed by atoms with Crippen molar-refractivity contribution in [3.8, 4) is 0 Å². The molecule has 28 heteroatoms. The molecule has 3 heterocycles. The van der Waals surface area contributed by atoms with E-state index >= 15 is 0 Å². The molecule has 4 atom stereocenters. The van der Waals surface area contributed by atoms with Crippen molar-refractivity contribution in [2.75, 3.05) is 44.3 Å². The second kappa shape index (κ2) is 22.7. The van der Waals surface area contributed by atoms with Crippen molar-refractivity contribution >= 4 is 91.0 Å². The third-order valence-electron chi connectivity index (χ3n) is 14.4. The van der Waals surface area contributed by atoms with E-state index in [4.69, 9.17) is 4.74 Å². The van der Waals surface area contributed by atoms with Crippen LogP contribution in [0.3, 0.4) is 0 Å². The standard InChI is InChI=1S/C51H63N5O19S4/c1-6-22-55-36-26-39(78(69,70)71)32-18-16-30(76(63,64)65)24-34(32)44(36)49(2,3)41(55)13-9-7-10-14-42-50(4,5)45-35-25-31(77(66,67)68)17-19-33(35)40(79(72,73)74)27-37(45)56(42)23-12-8-11-15-43(58)52-20-21-53-48(61)54-51(62)29-75-38(28-57)46(59)47(51)60/h7,9-10,13-14,16-19,24-27,38,46-47,57,59-60,62H,6,8,11-12,15,20-23,28-29H2,1-5H3,(H6-,52,53,54,58,61,63,64,65,66,67,68,69,70,71,72,73,74)/p+1. The smallest absolute Gasteiger partial charge is 0.317 e. The highest BCUT2D eigenvalue weighted by Gasteiger charge is 2.50. The van der Waals surface area contributed by atoms with Crippen LogP contribution in [-0.2, 0) is 60.8 Å². The number of rotatable bonds is 20. The molecule has 3 amide bonds. The van der Waals surface area contributed by atoms with E-state index in [0.29, 0.717) is 66.1 Å². The highest BCUT2D eigenvalue weighted by atomic mass is 32.2. The summed E-state index contributed by atoms with van der Waals surface area (Å²) in [4.78, 5) is 25.1. The minimum atomic E-state index is -4.93. The molecule has 0 bridgehead atoms. The van der Waals surface area contributed by atoms with Crippen LogP contribution >= 0.6 is 0 Å². The third-order valence-corrected chi connectivity index (χ3v) is 17.8. The minimum absolute atomic E-state index is 0.00511. The molecule has 79 heavy (non-hydrogen) atoms. The first-order valence-electron chi connectivity index (χ1n) is 24.9. The van der Waals surface area contributed by atoms with Crippen LogP contribution in [0, 0.1) is 0 Å². The first-order chi connectivity index (χ1) is 36.7. The first kappa shape index (κ1) is 60.9. The molecular weight excluding hydrogens is 1110 g/mol. The normalized spacial score (nSPS) is 21.9. The summed E-state index contributed by atoms with van der Waals surface area (Å²) in [6.07, 6.45) is 5.88. The van der Waals surface area contributed by atoms with Crippen LogP contribution in [0.5, 0.6) is 0 Å². The van der Waals surface area contributed by atoms with Crippen LogP contribution in [0.4, 0.5) is 16.2 Å². The van der Waals surface area contributed by atoms with Gasteiger partial charge in [-0.2, -0.15) is 38.2 Å². The number of aliphatic hydroxyl groups excluding tert-OH is 3. The van der Waals surface area contributed by atoms with Gasteiger partial charge in [0.05, 0.1) is 28.4 Å². The summed E-state index contributed by atoms with van der Waals surface area (Å²) in [5.74, 6) is -0.358. The van der Waals surface area contributed by atoms with Gasteiger partial charge in [0.2, 0.25) is 11.6 Å². The van der Waals surface area contributed by atoms with Crippen LogP contribution in [0.15, 0.2) is 104 Å². The number of urea groups is 1. The zero-order valence-electron chi connectivity index (χ0n) is 43.6. The van der Waals surface area contributed by atoms with Gasteiger partial charge in [-0.15, -0.1) is 0 Å². The van der Waals surface area contributed by atoms with Gasteiger partial charge in [0.25, 0.3) is 40.5 Å². The Bertz CT molecular complexity index is 3710. The maximum absolute atomic E-state index is 13.0. The molecule has 24 nitrogen and oxygen atoms in total. The Labute approximate surface area is 457 Å². The first-order valence-corrected chi connectivity index (χ1v) is 30.7. The fourth-order valence-corrected chi connectivity index (χ4v) is 13.1. The van der Waals surface area contributed by atoms with Gasteiger partial charge in [0.1, 0.15) is 34.6 Å². The second-order valence-electron chi connectivity index (χ2n) is 20.5. The molecule has 4 aromatic carbocycles. The predicted molar refractivity (Wildman–Crippen MR) is 289 cm³/mol. The van der Waals surface area contributed by atoms with E-state index in [0.717, 1.165) is 18.2 Å². The number of hydrogen-bond donors (Lipinski definition) is 11. The molecule has 1 saturated heterocycles. The van der Waals surface area contributed by atoms with Gasteiger partial charge in [-0.3, -0.25) is 23.0 Å². The molecular formula is C51H64N5O19S4+. The molecule has 0 radical (unpaired) electrons. The summed E-state index contributed by atoms with van der Waals surface area (Å²) in [6.45, 7) is 8.53. The van der Waals surface area contributed by atoms with Gasteiger partial charge in [0, 0.05) is 77.8 Å². The van der Waals surface area contributed by atoms with Crippen molar-refractivity contribution in [1.29, 1.82) is 0 Å². The lowest BCUT2D eigenvalue weighted by molar-refractivity contribution is -0.437. The quantitative estimate of drug-likeness (QED) is 0.0199. The number of anilines is 1. The SMILES string of the molecule is CCC[N+]1=C(C=CC=CC=C2N(CCCCCC(=O)NCCNC(=O)NC3(O)COC(CO)C(O)C3O)c3cc(S(=O)(=O)O)c4ccc(S(=O)(=O)O)cc4c3C2(C)C)C(C)(C)c2c1cc(S(=O)(=O)O)c1ccc(S(=O)(=O)O)cc21. The number of unbranched alkanes of at least 4 members (excludes halogenated alkanes) is 2. The van der Waals surface area contributed by atoms with Gasteiger partial charge in [-0.05, 0) is 79.4 Å². The van der Waals surface area contributed by atoms with Gasteiger partial charge in [-0.1, -0.05) is 57.6 Å². The molecule has 430 valence electrons. The molecule has 0 aromatic heterocycles. The predicted octanol–water partition coefficient (Wildman–Crippen LogP) is 3.34. The van der Waals surface area contributed by atoms with Crippen molar-refractivity contribution in [1.82, 2.24) is 16.0 Å². The Morgan fingerprint density at radius 3 is 1.89 bits per heavy atom. The van der Waals surface area contributed by atoms with E-state index in [1.54, 1.807) is 30.4 Å². The number of hydrogen-bond acceptors (Lipinski definition) is 16. The maximum Gasteiger partial charge on any atom is 0.317 e. The summed E-state index contributed by atoms with van der Waals surface area (Å²) in [5, 5.41) is 47.7. The van der Waals surface area contributed by atoms with E-state index in [-0.39, 0.29) is 53.5 Å². The van der Waals surface area contributed by atoms with E-state index in [9.17, 15) is 81.9 Å². The Morgan fingerprint density at radius 1 is 0.734 bits per heavy atom. The van der Waals surface area contributed by atoms with Gasteiger partial charge >= 0.3 is 6.03 Å². The van der Waals surface area contributed by atoms with Crippen molar-refractivity contribution in [2.45, 2.75) is 121 Å². The van der Waals surface area contributed by atoms with Gasteiger partial charge in [0.15, 0.2) is 11.4 Å². The van der Waals surface area contributed by atoms with Crippen molar-refractivity contribution in [3.05, 3.63) is 95.7 Å². The lowest BCUT2D eigenvalue weighted by Gasteiger charge is -2.42. The van der Waals surface area contributed by atoms with E-state index in [1.807, 2.05) is 44.1 Å². The van der Waals surface area contributed by atoms with E-state index < -0.39 is 114 Å². The number of nitrogens with zero attached hydrogens (tertiary/aromatic N) is 2. The second-order valence-corrected chi connectivity index (χ2v) is 26.1. The number of amides is 3. The van der Waals surface area contributed by atoms with Crippen molar-refractivity contribution in [2.24, 2.45) is 0 Å². The average Bonchev–Trinajstić information content (AvgIpc) is 3.73. The number of aliphatic hydroxyl groups is 4. The maximum atomic E-state index is 13.0. The van der Waals surface area contributed by atoms with Gasteiger partial charge in [-0.25, -0.2) is 4.79 Å². The van der Waals surface area contributed by atoms with E-state index in [2.05, 4.69) is 16.0 Å². The molecule has 4 unspecified atom stereocenters. The molecule has 3 aliphatic rings. The van der Waals surface area contributed by atoms with Crippen LogP contribution in [0.25, 0.3) is 21.5 Å². The molecule has 0 spiro atoms. The summed E-state index contributed by atoms with van der Waals surface area (Å²) in [5.41, 5.74) is -1.28. The van der Waals surface area contributed by atoms with Crippen LogP contribution in [0.2, 0.25) is 0 Å². The zero-order valence-corrected chi connectivity index (χ0v) is 46.9. The summed E-state index contributed by atoms with van der Waals surface area (Å²) in [6, 6.07) is 8.49. The van der Waals surface area contributed by atoms with E-state index in [1.165, 1.54) is 30.3 Å². The highest BCUT2D eigenvalue weighted by molar-refractivity contribution is 7.86. The zero-order chi connectivity index (χ0) is 58.4. The average molecular weight is 1180 g/mol. The van der Waals surface area contributed by atoms with Crippen LogP contribution in [0.1, 0.15) is 77.8 Å². The Morgan fingerprint density at radius 2 is 1.32 bits per heavy atom. The molecule has 0 aliphatic carbocycles. The molecule has 1 fully saturated rings. The third kappa shape index (κ3) is 12.5. The number of allylic oxidation sites excluding steroid dienone is 6. The number of benzene rings is 4. The van der Waals surface area contributed by atoms with Crippen molar-refractivity contribution < 1.29 is 91.2 Å². The fourth-order valence-electron chi connectivity index (χ4n) is 10.7. The molecule has 0 saturated carbocycles. The number of carbonyl (C=O) groups is 2. The Hall–Kier alpha value is -5.73. The van der Waals surface area contributed by atoms with Crippen LogP contribution < -0.4 is 20.9 Å². The summed E-state index contributed by atoms with van der Waals surface area (Å²) < 4.78 is 149. The highest BCUT2D eigenvalue weighted by Crippen LogP contribution is 2.53. The lowest BCUT2D eigenvalue weighted by Crippen LogP contribution is -2.70. The Kier molecular flexibility index (Phi) is 17.5. The Balaban J connectivity index is 1.14. The number of nitrogens with one attached hydrogen (secondary N) is 3. The number of fused-ring (bicyclic) bond motifs is 6. The molecule has 7 rings (SSSR count). The minimum Gasteiger partial charge on any atom is -0.394 e. The number of carbonyl (C=O) groups excluding carboxylic acids is 2. The van der Waals surface area contributed by atoms with Gasteiger partial charge < -0.3 is 46.0 Å².